The van der Waals surface area contributed by atoms with Crippen molar-refractivity contribution in [3.8, 4) is 0 Å². The number of rotatable bonds is 3. The average molecular weight is 317 g/mol. The molecule has 6 nitrogen and oxygen atoms in total. The third kappa shape index (κ3) is 2.92. The van der Waals surface area contributed by atoms with E-state index in [4.69, 9.17) is 9.84 Å². The Balaban J connectivity index is 2.53. The van der Waals surface area contributed by atoms with E-state index in [-0.39, 0.29) is 25.3 Å². The molecule has 0 aliphatic carbocycles. The standard InChI is InChI=1S/C13H16FNO5S/c1-13(2)8-20-6-5-15(13)21(18,19)11-7-9(12(16)17)3-4-10(11)14/h3-4,7H,5-6,8H2,1-2H3,(H,16,17). The van der Waals surface area contributed by atoms with Crippen molar-refractivity contribution in [1.29, 1.82) is 0 Å². The van der Waals surface area contributed by atoms with Crippen LogP contribution in [0.25, 0.3) is 0 Å². The van der Waals surface area contributed by atoms with Gasteiger partial charge in [0.2, 0.25) is 10.0 Å². The Morgan fingerprint density at radius 2 is 2.10 bits per heavy atom. The quantitative estimate of drug-likeness (QED) is 0.909. The highest BCUT2D eigenvalue weighted by atomic mass is 32.2. The van der Waals surface area contributed by atoms with Gasteiger partial charge in [-0.15, -0.1) is 0 Å². The number of ether oxygens (including phenoxy) is 1. The second kappa shape index (κ2) is 5.36. The van der Waals surface area contributed by atoms with Crippen LogP contribution in [0.15, 0.2) is 23.1 Å². The van der Waals surface area contributed by atoms with E-state index >= 15 is 0 Å². The Morgan fingerprint density at radius 1 is 1.43 bits per heavy atom. The molecule has 1 fully saturated rings. The van der Waals surface area contributed by atoms with Gasteiger partial charge in [0.05, 0.1) is 24.3 Å². The van der Waals surface area contributed by atoms with Gasteiger partial charge in [-0.05, 0) is 32.0 Å². The van der Waals surface area contributed by atoms with Crippen LogP contribution in [-0.2, 0) is 14.8 Å². The lowest BCUT2D eigenvalue weighted by atomic mass is 10.1. The lowest BCUT2D eigenvalue weighted by Crippen LogP contribution is -2.55. The van der Waals surface area contributed by atoms with Crippen molar-refractivity contribution in [3.05, 3.63) is 29.6 Å². The third-order valence-electron chi connectivity index (χ3n) is 3.32. The van der Waals surface area contributed by atoms with E-state index in [1.54, 1.807) is 13.8 Å². The third-order valence-corrected chi connectivity index (χ3v) is 5.44. The second-order valence-electron chi connectivity index (χ2n) is 5.39. The van der Waals surface area contributed by atoms with Crippen molar-refractivity contribution in [1.82, 2.24) is 4.31 Å². The van der Waals surface area contributed by atoms with Gasteiger partial charge in [0.1, 0.15) is 10.7 Å². The van der Waals surface area contributed by atoms with E-state index in [2.05, 4.69) is 0 Å². The van der Waals surface area contributed by atoms with Crippen molar-refractivity contribution in [2.75, 3.05) is 19.8 Å². The van der Waals surface area contributed by atoms with E-state index in [1.807, 2.05) is 0 Å². The van der Waals surface area contributed by atoms with Gasteiger partial charge in [0.25, 0.3) is 0 Å². The molecule has 8 heteroatoms. The Kier molecular flexibility index (Phi) is 4.05. The molecule has 1 saturated heterocycles. The van der Waals surface area contributed by atoms with Crippen molar-refractivity contribution in [2.45, 2.75) is 24.3 Å². The zero-order valence-corrected chi connectivity index (χ0v) is 12.5. The molecule has 0 saturated carbocycles. The first kappa shape index (κ1) is 15.9. The van der Waals surface area contributed by atoms with Crippen molar-refractivity contribution in [3.63, 3.8) is 0 Å². The molecule has 0 bridgehead atoms. The summed E-state index contributed by atoms with van der Waals surface area (Å²) in [5.41, 5.74) is -1.11. The summed E-state index contributed by atoms with van der Waals surface area (Å²) in [5, 5.41) is 8.93. The van der Waals surface area contributed by atoms with Gasteiger partial charge in [0.15, 0.2) is 0 Å². The smallest absolute Gasteiger partial charge is 0.335 e. The van der Waals surface area contributed by atoms with Crippen LogP contribution in [-0.4, -0.2) is 49.1 Å². The summed E-state index contributed by atoms with van der Waals surface area (Å²) in [6.07, 6.45) is 0. The number of hydrogen-bond acceptors (Lipinski definition) is 4. The monoisotopic (exact) mass is 317 g/mol. The molecule has 21 heavy (non-hydrogen) atoms. The first-order chi connectivity index (χ1) is 9.66. The fourth-order valence-corrected chi connectivity index (χ4v) is 4.09. The predicted molar refractivity (Wildman–Crippen MR) is 72.1 cm³/mol. The molecule has 0 aromatic heterocycles. The number of hydrogen-bond donors (Lipinski definition) is 1. The summed E-state index contributed by atoms with van der Waals surface area (Å²) in [4.78, 5) is 10.3. The minimum absolute atomic E-state index is 0.0894. The first-order valence-electron chi connectivity index (χ1n) is 6.30. The van der Waals surface area contributed by atoms with Crippen LogP contribution < -0.4 is 0 Å². The summed E-state index contributed by atoms with van der Waals surface area (Å²) in [6, 6.07) is 2.73. The molecule has 1 aliphatic rings. The van der Waals surface area contributed by atoms with Gasteiger partial charge in [-0.25, -0.2) is 17.6 Å². The molecule has 0 amide bonds. The number of halogens is 1. The van der Waals surface area contributed by atoms with Gasteiger partial charge in [0, 0.05) is 6.54 Å². The van der Waals surface area contributed by atoms with Gasteiger partial charge in [-0.3, -0.25) is 0 Å². The zero-order valence-electron chi connectivity index (χ0n) is 11.7. The second-order valence-corrected chi connectivity index (χ2v) is 7.22. The molecular weight excluding hydrogens is 301 g/mol. The van der Waals surface area contributed by atoms with Crippen LogP contribution in [0.1, 0.15) is 24.2 Å². The van der Waals surface area contributed by atoms with Crippen LogP contribution in [0.3, 0.4) is 0 Å². The predicted octanol–water partition coefficient (Wildman–Crippen LogP) is 1.32. The van der Waals surface area contributed by atoms with E-state index in [1.165, 1.54) is 0 Å². The molecule has 2 rings (SSSR count). The van der Waals surface area contributed by atoms with Crippen LogP contribution >= 0.6 is 0 Å². The van der Waals surface area contributed by atoms with Crippen LogP contribution in [0.5, 0.6) is 0 Å². The maximum Gasteiger partial charge on any atom is 0.335 e. The maximum absolute atomic E-state index is 13.9. The molecule has 116 valence electrons. The number of morpholine rings is 1. The summed E-state index contributed by atoms with van der Waals surface area (Å²) >= 11 is 0. The number of nitrogens with zero attached hydrogens (tertiary/aromatic N) is 1. The van der Waals surface area contributed by atoms with Crippen LogP contribution in [0.4, 0.5) is 4.39 Å². The number of carbonyl (C=O) groups is 1. The zero-order chi connectivity index (χ0) is 15.8. The Bertz CT molecular complexity index is 671. The molecule has 1 heterocycles. The molecule has 1 N–H and O–H groups in total. The normalized spacial score (nSPS) is 19.4. The van der Waals surface area contributed by atoms with Crippen molar-refractivity contribution in [2.24, 2.45) is 0 Å². The fourth-order valence-electron chi connectivity index (χ4n) is 2.24. The lowest BCUT2D eigenvalue weighted by Gasteiger charge is -2.40. The first-order valence-corrected chi connectivity index (χ1v) is 7.74. The maximum atomic E-state index is 13.9. The minimum atomic E-state index is -4.14. The van der Waals surface area contributed by atoms with Crippen LogP contribution in [0.2, 0.25) is 0 Å². The van der Waals surface area contributed by atoms with Crippen molar-refractivity contribution < 1.29 is 27.4 Å². The SMILES string of the molecule is CC1(C)COCCN1S(=O)(=O)c1cc(C(=O)O)ccc1F. The van der Waals surface area contributed by atoms with E-state index in [9.17, 15) is 17.6 Å². The summed E-state index contributed by atoms with van der Waals surface area (Å²) < 4.78 is 45.6. The minimum Gasteiger partial charge on any atom is -0.478 e. The molecule has 1 aromatic rings. The highest BCUT2D eigenvalue weighted by molar-refractivity contribution is 7.89. The fraction of sp³-hybridized carbons (Fsp3) is 0.462. The number of carboxylic acids is 1. The highest BCUT2D eigenvalue weighted by Crippen LogP contribution is 2.29. The van der Waals surface area contributed by atoms with E-state index < -0.39 is 32.2 Å². The Morgan fingerprint density at radius 3 is 2.67 bits per heavy atom. The van der Waals surface area contributed by atoms with Gasteiger partial charge in [-0.2, -0.15) is 4.31 Å². The Hall–Kier alpha value is -1.51. The van der Waals surface area contributed by atoms with Crippen LogP contribution in [0, 0.1) is 5.82 Å². The molecule has 1 aliphatic heterocycles. The average Bonchev–Trinajstić information content (AvgIpc) is 2.37. The molecule has 1 aromatic carbocycles. The van der Waals surface area contributed by atoms with Crippen molar-refractivity contribution >= 4 is 16.0 Å². The molecule has 0 atom stereocenters. The summed E-state index contributed by atoms with van der Waals surface area (Å²) in [7, 11) is -4.14. The van der Waals surface area contributed by atoms with E-state index in [0.29, 0.717) is 0 Å². The molecule has 0 spiro atoms. The number of aromatic carboxylic acids is 1. The summed E-state index contributed by atoms with van der Waals surface area (Å²) in [6.45, 7) is 3.83. The lowest BCUT2D eigenvalue weighted by molar-refractivity contribution is -0.00779. The Labute approximate surface area is 122 Å². The van der Waals surface area contributed by atoms with Gasteiger partial charge >= 0.3 is 5.97 Å². The number of benzene rings is 1. The summed E-state index contributed by atoms with van der Waals surface area (Å²) in [5.74, 6) is -2.28. The molecule has 0 radical (unpaired) electrons. The van der Waals surface area contributed by atoms with Gasteiger partial charge in [-0.1, -0.05) is 0 Å². The number of sulfonamides is 1. The topological polar surface area (TPSA) is 83.9 Å². The molecule has 0 unspecified atom stereocenters. The largest absolute Gasteiger partial charge is 0.478 e. The number of carboxylic acid groups (broad SMARTS) is 1. The molecular formula is C13H16FNO5S. The van der Waals surface area contributed by atoms with Gasteiger partial charge < -0.3 is 9.84 Å². The highest BCUT2D eigenvalue weighted by Gasteiger charge is 2.41. The van der Waals surface area contributed by atoms with E-state index in [0.717, 1.165) is 22.5 Å².